The molecular weight excluding hydrogens is 242 g/mol. The van der Waals surface area contributed by atoms with Gasteiger partial charge in [-0.15, -0.1) is 6.42 Å². The standard InChI is InChI=1S/C15H21NO3/c1-3-14-5-4-6-15(13-14)16-7-8-18-11-12-19-10-9-17-2/h1,4-6,13,16H,7-12H2,2H3. The lowest BCUT2D eigenvalue weighted by Crippen LogP contribution is -2.13. The highest BCUT2D eigenvalue weighted by atomic mass is 16.5. The maximum atomic E-state index is 5.42. The van der Waals surface area contributed by atoms with E-state index in [2.05, 4.69) is 11.2 Å². The van der Waals surface area contributed by atoms with E-state index >= 15 is 0 Å². The summed E-state index contributed by atoms with van der Waals surface area (Å²) >= 11 is 0. The molecule has 4 heteroatoms. The van der Waals surface area contributed by atoms with Crippen LogP contribution in [0.15, 0.2) is 24.3 Å². The molecule has 0 spiro atoms. The summed E-state index contributed by atoms with van der Waals surface area (Å²) in [6.45, 7) is 3.79. The Hall–Kier alpha value is -1.54. The Morgan fingerprint density at radius 2 is 1.84 bits per heavy atom. The summed E-state index contributed by atoms with van der Waals surface area (Å²) in [5.41, 5.74) is 1.88. The van der Waals surface area contributed by atoms with Crippen molar-refractivity contribution in [2.24, 2.45) is 0 Å². The highest BCUT2D eigenvalue weighted by Gasteiger charge is 1.94. The van der Waals surface area contributed by atoms with Gasteiger partial charge in [0.25, 0.3) is 0 Å². The predicted molar refractivity (Wildman–Crippen MR) is 76.4 cm³/mol. The van der Waals surface area contributed by atoms with E-state index in [-0.39, 0.29) is 0 Å². The molecule has 0 radical (unpaired) electrons. The van der Waals surface area contributed by atoms with Gasteiger partial charge < -0.3 is 19.5 Å². The van der Waals surface area contributed by atoms with Gasteiger partial charge in [0.15, 0.2) is 0 Å². The Morgan fingerprint density at radius 1 is 1.11 bits per heavy atom. The Balaban J connectivity index is 2.00. The van der Waals surface area contributed by atoms with Gasteiger partial charge in [-0.25, -0.2) is 0 Å². The van der Waals surface area contributed by atoms with Crippen LogP contribution in [0.1, 0.15) is 5.56 Å². The van der Waals surface area contributed by atoms with E-state index in [0.29, 0.717) is 33.0 Å². The molecule has 0 bridgehead atoms. The Bertz CT molecular complexity index is 387. The molecule has 1 aromatic rings. The van der Waals surface area contributed by atoms with Crippen molar-refractivity contribution in [1.82, 2.24) is 0 Å². The molecule has 0 amide bonds. The van der Waals surface area contributed by atoms with Crippen LogP contribution in [0.25, 0.3) is 0 Å². The van der Waals surface area contributed by atoms with Crippen molar-refractivity contribution in [3.05, 3.63) is 29.8 Å². The molecule has 4 nitrogen and oxygen atoms in total. The molecule has 19 heavy (non-hydrogen) atoms. The smallest absolute Gasteiger partial charge is 0.0701 e. The van der Waals surface area contributed by atoms with E-state index in [1.165, 1.54) is 0 Å². The van der Waals surface area contributed by atoms with E-state index in [9.17, 15) is 0 Å². The highest BCUT2D eigenvalue weighted by molar-refractivity contribution is 5.49. The third-order valence-electron chi connectivity index (χ3n) is 2.41. The number of methoxy groups -OCH3 is 1. The Morgan fingerprint density at radius 3 is 2.58 bits per heavy atom. The largest absolute Gasteiger partial charge is 0.383 e. The number of nitrogens with one attached hydrogen (secondary N) is 1. The first kappa shape index (κ1) is 15.5. The Labute approximate surface area is 115 Å². The van der Waals surface area contributed by atoms with Gasteiger partial charge in [0.05, 0.1) is 33.0 Å². The van der Waals surface area contributed by atoms with E-state index in [0.717, 1.165) is 17.8 Å². The quantitative estimate of drug-likeness (QED) is 0.516. The number of benzene rings is 1. The molecule has 104 valence electrons. The van der Waals surface area contributed by atoms with Crippen LogP contribution in [-0.2, 0) is 14.2 Å². The second-order valence-electron chi connectivity index (χ2n) is 3.87. The lowest BCUT2D eigenvalue weighted by atomic mass is 10.2. The minimum atomic E-state index is 0.593. The van der Waals surface area contributed by atoms with Crippen molar-refractivity contribution in [1.29, 1.82) is 0 Å². The van der Waals surface area contributed by atoms with E-state index in [1.807, 2.05) is 24.3 Å². The molecule has 0 aromatic heterocycles. The minimum Gasteiger partial charge on any atom is -0.383 e. The predicted octanol–water partition coefficient (Wildman–Crippen LogP) is 1.76. The monoisotopic (exact) mass is 263 g/mol. The second kappa shape index (κ2) is 10.4. The molecule has 0 fully saturated rings. The average Bonchev–Trinajstić information content (AvgIpc) is 2.46. The summed E-state index contributed by atoms with van der Waals surface area (Å²) in [5.74, 6) is 2.60. The third kappa shape index (κ3) is 7.47. The summed E-state index contributed by atoms with van der Waals surface area (Å²) < 4.78 is 15.6. The van der Waals surface area contributed by atoms with E-state index < -0.39 is 0 Å². The van der Waals surface area contributed by atoms with Gasteiger partial charge in [0.1, 0.15) is 0 Å². The molecule has 0 saturated heterocycles. The first-order chi connectivity index (χ1) is 9.36. The van der Waals surface area contributed by atoms with Crippen molar-refractivity contribution in [2.75, 3.05) is 52.0 Å². The molecule has 0 aliphatic rings. The number of anilines is 1. The number of ether oxygens (including phenoxy) is 3. The van der Waals surface area contributed by atoms with E-state index in [1.54, 1.807) is 7.11 Å². The lowest BCUT2D eigenvalue weighted by Gasteiger charge is -2.08. The number of hydrogen-bond donors (Lipinski definition) is 1. The van der Waals surface area contributed by atoms with Gasteiger partial charge in [0.2, 0.25) is 0 Å². The van der Waals surface area contributed by atoms with Crippen LogP contribution in [0, 0.1) is 12.3 Å². The first-order valence-corrected chi connectivity index (χ1v) is 6.32. The van der Waals surface area contributed by atoms with Crippen molar-refractivity contribution in [3.8, 4) is 12.3 Å². The van der Waals surface area contributed by atoms with Crippen LogP contribution in [0.5, 0.6) is 0 Å². The normalized spacial score (nSPS) is 10.1. The zero-order valence-corrected chi connectivity index (χ0v) is 11.4. The van der Waals surface area contributed by atoms with Crippen molar-refractivity contribution >= 4 is 5.69 Å². The van der Waals surface area contributed by atoms with Crippen LogP contribution in [-0.4, -0.2) is 46.7 Å². The van der Waals surface area contributed by atoms with Crippen LogP contribution >= 0.6 is 0 Å². The van der Waals surface area contributed by atoms with Crippen LogP contribution in [0.2, 0.25) is 0 Å². The molecular formula is C15H21NO3. The van der Waals surface area contributed by atoms with Crippen LogP contribution in [0.3, 0.4) is 0 Å². The molecule has 0 atom stereocenters. The first-order valence-electron chi connectivity index (χ1n) is 6.32. The fraction of sp³-hybridized carbons (Fsp3) is 0.467. The van der Waals surface area contributed by atoms with Gasteiger partial charge in [-0.3, -0.25) is 0 Å². The molecule has 0 unspecified atom stereocenters. The summed E-state index contributed by atoms with van der Waals surface area (Å²) in [4.78, 5) is 0. The average molecular weight is 263 g/mol. The van der Waals surface area contributed by atoms with Gasteiger partial charge in [-0.1, -0.05) is 12.0 Å². The summed E-state index contributed by atoms with van der Waals surface area (Å²) in [5, 5.41) is 3.25. The SMILES string of the molecule is C#Cc1cccc(NCCOCCOCCOC)c1. The summed E-state index contributed by atoms with van der Waals surface area (Å²) in [6, 6.07) is 7.75. The number of terminal acetylenes is 1. The molecule has 1 rings (SSSR count). The topological polar surface area (TPSA) is 39.7 Å². The van der Waals surface area contributed by atoms with Gasteiger partial charge >= 0.3 is 0 Å². The molecule has 0 aliphatic carbocycles. The van der Waals surface area contributed by atoms with Crippen LogP contribution in [0.4, 0.5) is 5.69 Å². The second-order valence-corrected chi connectivity index (χ2v) is 3.87. The maximum Gasteiger partial charge on any atom is 0.0701 e. The van der Waals surface area contributed by atoms with Gasteiger partial charge in [-0.05, 0) is 18.2 Å². The zero-order chi connectivity index (χ0) is 13.8. The fourth-order valence-corrected chi connectivity index (χ4v) is 1.45. The fourth-order valence-electron chi connectivity index (χ4n) is 1.45. The van der Waals surface area contributed by atoms with Crippen molar-refractivity contribution in [3.63, 3.8) is 0 Å². The summed E-state index contributed by atoms with van der Waals surface area (Å²) in [6.07, 6.45) is 5.34. The maximum absolute atomic E-state index is 5.42. The van der Waals surface area contributed by atoms with Crippen LogP contribution < -0.4 is 5.32 Å². The lowest BCUT2D eigenvalue weighted by molar-refractivity contribution is 0.0272. The minimum absolute atomic E-state index is 0.593. The Kier molecular flexibility index (Phi) is 8.48. The molecule has 1 aromatic carbocycles. The molecule has 0 aliphatic heterocycles. The number of hydrogen-bond acceptors (Lipinski definition) is 4. The molecule has 0 heterocycles. The third-order valence-corrected chi connectivity index (χ3v) is 2.41. The number of rotatable bonds is 10. The highest BCUT2D eigenvalue weighted by Crippen LogP contribution is 2.08. The zero-order valence-electron chi connectivity index (χ0n) is 11.4. The van der Waals surface area contributed by atoms with Gasteiger partial charge in [-0.2, -0.15) is 0 Å². The molecule has 0 saturated carbocycles. The summed E-state index contributed by atoms with van der Waals surface area (Å²) in [7, 11) is 1.65. The van der Waals surface area contributed by atoms with Gasteiger partial charge in [0, 0.05) is 24.9 Å². The molecule has 1 N–H and O–H groups in total. The van der Waals surface area contributed by atoms with E-state index in [4.69, 9.17) is 20.6 Å². The van der Waals surface area contributed by atoms with Crippen molar-refractivity contribution < 1.29 is 14.2 Å². The van der Waals surface area contributed by atoms with Crippen molar-refractivity contribution in [2.45, 2.75) is 0 Å².